The number of ether oxygens (including phenoxy) is 7. The number of benzene rings is 5. The highest BCUT2D eigenvalue weighted by molar-refractivity contribution is 5.56. The minimum atomic E-state index is -0.0731. The minimum Gasteiger partial charge on any atom is -0.497 e. The molecule has 0 aliphatic carbocycles. The zero-order valence-corrected chi connectivity index (χ0v) is 38.1. The van der Waals surface area contributed by atoms with Gasteiger partial charge in [-0.3, -0.25) is 0 Å². The third-order valence-corrected chi connectivity index (χ3v) is 8.58. The summed E-state index contributed by atoms with van der Waals surface area (Å²) >= 11 is 0. The van der Waals surface area contributed by atoms with Crippen LogP contribution in [0.3, 0.4) is 0 Å². The third kappa shape index (κ3) is 26.0. The van der Waals surface area contributed by atoms with Crippen molar-refractivity contribution in [2.24, 2.45) is 11.8 Å². The topological polar surface area (TPSA) is 150 Å². The number of aryl methyl sites for hydroxylation is 1. The van der Waals surface area contributed by atoms with Gasteiger partial charge in [-0.1, -0.05) is 74.5 Å². The molecule has 0 aliphatic heterocycles. The summed E-state index contributed by atoms with van der Waals surface area (Å²) in [5.74, 6) is 3.88. The molecule has 64 heavy (non-hydrogen) atoms. The van der Waals surface area contributed by atoms with Crippen molar-refractivity contribution in [2.75, 3.05) is 48.8 Å². The van der Waals surface area contributed by atoms with E-state index in [4.69, 9.17) is 33.2 Å². The Morgan fingerprint density at radius 3 is 1.33 bits per heavy atom. The van der Waals surface area contributed by atoms with E-state index in [-0.39, 0.29) is 11.8 Å². The van der Waals surface area contributed by atoms with Gasteiger partial charge < -0.3 is 57.1 Å². The highest BCUT2D eigenvalue weighted by Crippen LogP contribution is 2.16. The highest BCUT2D eigenvalue weighted by Gasteiger charge is 2.03. The Balaban J connectivity index is 0.000000403. The lowest BCUT2D eigenvalue weighted by atomic mass is 10.1. The Kier molecular flexibility index (Phi) is 31.1. The van der Waals surface area contributed by atoms with Gasteiger partial charge in [0.05, 0.1) is 47.8 Å². The fourth-order valence-corrected chi connectivity index (χ4v) is 5.05. The van der Waals surface area contributed by atoms with Gasteiger partial charge in [0.1, 0.15) is 60.2 Å². The Morgan fingerprint density at radius 2 is 0.844 bits per heavy atom. The molecule has 0 saturated carbocycles. The van der Waals surface area contributed by atoms with E-state index in [1.807, 2.05) is 135 Å². The van der Waals surface area contributed by atoms with Gasteiger partial charge >= 0.3 is 0 Å². The van der Waals surface area contributed by atoms with Crippen LogP contribution >= 0.6 is 0 Å². The molecule has 0 N–H and O–H groups in total. The predicted octanol–water partition coefficient (Wildman–Crippen LogP) is 8.79. The van der Waals surface area contributed by atoms with Crippen LogP contribution in [0.5, 0.6) is 28.7 Å². The van der Waals surface area contributed by atoms with Gasteiger partial charge in [-0.05, 0) is 94.9 Å². The second kappa shape index (κ2) is 35.9. The summed E-state index contributed by atoms with van der Waals surface area (Å²) in [7, 11) is 8.19. The molecule has 2 unspecified atom stereocenters. The summed E-state index contributed by atoms with van der Waals surface area (Å²) in [6.45, 7) is 5.66. The molecule has 0 radical (unpaired) electrons. The normalized spacial score (nSPS) is 10.6. The second-order valence-corrected chi connectivity index (χ2v) is 14.0. The van der Waals surface area contributed by atoms with Crippen LogP contribution in [0.2, 0.25) is 0 Å². The van der Waals surface area contributed by atoms with Crippen molar-refractivity contribution in [3.63, 3.8) is 0 Å². The Labute approximate surface area is 378 Å². The maximum absolute atomic E-state index is 10.4. The van der Waals surface area contributed by atoms with Crippen molar-refractivity contribution < 1.29 is 57.1 Å². The van der Waals surface area contributed by atoms with E-state index in [1.54, 1.807) is 35.5 Å². The quantitative estimate of drug-likeness (QED) is 0.0612. The Morgan fingerprint density at radius 1 is 0.422 bits per heavy atom. The number of aldehydes is 5. The molecule has 12 nitrogen and oxygen atoms in total. The van der Waals surface area contributed by atoms with Crippen LogP contribution in [0, 0.1) is 11.8 Å². The van der Waals surface area contributed by atoms with Gasteiger partial charge in [-0.15, -0.1) is 0 Å². The summed E-state index contributed by atoms with van der Waals surface area (Å²) in [5.41, 5.74) is 5.34. The number of rotatable bonds is 22. The van der Waals surface area contributed by atoms with Gasteiger partial charge in [0, 0.05) is 45.3 Å². The molecular weight excluding hydrogens is 817 g/mol. The first-order valence-corrected chi connectivity index (χ1v) is 20.6. The van der Waals surface area contributed by atoms with Crippen LogP contribution in [0.1, 0.15) is 48.1 Å². The maximum Gasteiger partial charge on any atom is 0.126 e. The molecule has 0 saturated heterocycles. The summed E-state index contributed by atoms with van der Waals surface area (Å²) < 4.78 is 35.8. The molecule has 0 aromatic heterocycles. The first-order chi connectivity index (χ1) is 31.1. The molecule has 0 fully saturated rings. The van der Waals surface area contributed by atoms with Crippen LogP contribution in [0.15, 0.2) is 121 Å². The van der Waals surface area contributed by atoms with Gasteiger partial charge in [-0.2, -0.15) is 0 Å². The van der Waals surface area contributed by atoms with E-state index in [2.05, 4.69) is 0 Å². The largest absolute Gasteiger partial charge is 0.497 e. The number of hydrogen-bond acceptors (Lipinski definition) is 12. The molecule has 5 aromatic rings. The van der Waals surface area contributed by atoms with E-state index in [9.17, 15) is 24.0 Å². The fraction of sp³-hybridized carbons (Fsp3) is 0.327. The molecule has 2 atom stereocenters. The number of hydrogen-bond donors (Lipinski definition) is 0. The number of carbonyl (C=O) groups excluding carboxylic acids is 5. The zero-order valence-electron chi connectivity index (χ0n) is 38.1. The molecule has 0 spiro atoms. The average Bonchev–Trinajstić information content (AvgIpc) is 3.34. The van der Waals surface area contributed by atoms with Crippen LogP contribution in [-0.4, -0.2) is 80.2 Å². The average molecular weight is 881 g/mol. The number of methoxy groups -OCH3 is 5. The molecule has 5 rings (SSSR count). The van der Waals surface area contributed by atoms with Crippen molar-refractivity contribution in [3.8, 4) is 28.7 Å². The summed E-state index contributed by atoms with van der Waals surface area (Å²) in [6, 6.07) is 38.0. The van der Waals surface area contributed by atoms with Crippen LogP contribution in [-0.2, 0) is 65.9 Å². The van der Waals surface area contributed by atoms with Crippen molar-refractivity contribution in [2.45, 2.75) is 52.7 Å². The van der Waals surface area contributed by atoms with E-state index < -0.39 is 0 Å². The zero-order chi connectivity index (χ0) is 47.2. The van der Waals surface area contributed by atoms with Crippen LogP contribution in [0.4, 0.5) is 0 Å². The van der Waals surface area contributed by atoms with Crippen LogP contribution < -0.4 is 23.7 Å². The lowest BCUT2D eigenvalue weighted by Gasteiger charge is -2.09. The van der Waals surface area contributed by atoms with Gasteiger partial charge in [0.15, 0.2) is 0 Å². The molecular formula is C52H64O12. The molecule has 0 amide bonds. The van der Waals surface area contributed by atoms with E-state index in [1.165, 1.54) is 5.56 Å². The van der Waals surface area contributed by atoms with Crippen molar-refractivity contribution in [3.05, 3.63) is 149 Å². The van der Waals surface area contributed by atoms with E-state index in [0.717, 1.165) is 88.9 Å². The highest BCUT2D eigenvalue weighted by atomic mass is 16.5. The predicted molar refractivity (Wildman–Crippen MR) is 249 cm³/mol. The summed E-state index contributed by atoms with van der Waals surface area (Å²) in [4.78, 5) is 51.1. The molecule has 0 heterocycles. The van der Waals surface area contributed by atoms with Gasteiger partial charge in [-0.25, -0.2) is 0 Å². The molecule has 344 valence electrons. The standard InChI is InChI=1S/2C12H16O3.C10H12O2.2C9H10O2/c1-10(7-13)8-15-12-5-3-11(4-6-12)9-14-2;1-10(7-13)8-15-12-5-3-4-11(6-12)9-14-2;1-12-10-6-4-9(5-7-10)3-2-8-11;1-11-9-4-2-8(3-5-9)6-7-10;1-11-9-4-2-3-8(7-9)5-6-10/h2*3-7,10H,8-9H2,1-2H3;4-8H,2-3H2,1H3;2-5,7H,6H2,1H3;2-4,6-7H,5H2,1H3. The van der Waals surface area contributed by atoms with E-state index >= 15 is 0 Å². The molecule has 12 heteroatoms. The van der Waals surface area contributed by atoms with Crippen LogP contribution in [0.25, 0.3) is 0 Å². The van der Waals surface area contributed by atoms with Gasteiger partial charge in [0.25, 0.3) is 0 Å². The van der Waals surface area contributed by atoms with Crippen molar-refractivity contribution in [1.29, 1.82) is 0 Å². The fourth-order valence-electron chi connectivity index (χ4n) is 5.05. The third-order valence-electron chi connectivity index (χ3n) is 8.58. The van der Waals surface area contributed by atoms with Crippen molar-refractivity contribution >= 4 is 31.4 Å². The first-order valence-electron chi connectivity index (χ1n) is 20.6. The first kappa shape index (κ1) is 55.4. The summed E-state index contributed by atoms with van der Waals surface area (Å²) in [5, 5.41) is 0. The maximum atomic E-state index is 10.4. The lowest BCUT2D eigenvalue weighted by Crippen LogP contribution is -2.09. The van der Waals surface area contributed by atoms with E-state index in [0.29, 0.717) is 45.7 Å². The number of carbonyl (C=O) groups is 5. The van der Waals surface area contributed by atoms with Crippen molar-refractivity contribution in [1.82, 2.24) is 0 Å². The minimum absolute atomic E-state index is 0.0661. The smallest absolute Gasteiger partial charge is 0.126 e. The Hall–Kier alpha value is -6.63. The molecule has 5 aromatic carbocycles. The Bertz CT molecular complexity index is 1980. The molecule has 0 aliphatic rings. The SMILES string of the molecule is COCc1ccc(OCC(C)C=O)cc1.COCc1cccc(OCC(C)C=O)c1.COc1ccc(CC=O)cc1.COc1ccc(CCC=O)cc1.COc1cccc(CC=O)c1. The monoisotopic (exact) mass is 880 g/mol. The summed E-state index contributed by atoms with van der Waals surface area (Å²) in [6.07, 6.45) is 6.82. The molecule has 0 bridgehead atoms. The second-order valence-electron chi connectivity index (χ2n) is 14.0. The lowest BCUT2D eigenvalue weighted by molar-refractivity contribution is -0.112. The van der Waals surface area contributed by atoms with Gasteiger partial charge in [0.2, 0.25) is 0 Å².